The molecule has 106 valence electrons. The molecule has 2 N–H and O–H groups in total. The smallest absolute Gasteiger partial charge is 0.125 e. The van der Waals surface area contributed by atoms with Gasteiger partial charge in [0, 0.05) is 17.1 Å². The summed E-state index contributed by atoms with van der Waals surface area (Å²) in [5.74, 6) is 0.805. The summed E-state index contributed by atoms with van der Waals surface area (Å²) in [6.45, 7) is 1.16. The van der Waals surface area contributed by atoms with E-state index >= 15 is 0 Å². The molecule has 2 nitrogen and oxygen atoms in total. The Labute approximate surface area is 125 Å². The molecule has 0 saturated carbocycles. The van der Waals surface area contributed by atoms with Gasteiger partial charge in [-0.25, -0.2) is 0 Å². The van der Waals surface area contributed by atoms with Crippen LogP contribution in [-0.2, 0) is 13.0 Å². The maximum Gasteiger partial charge on any atom is 0.125 e. The zero-order valence-corrected chi connectivity index (χ0v) is 12.3. The van der Waals surface area contributed by atoms with Crippen molar-refractivity contribution in [3.63, 3.8) is 0 Å². The molecule has 0 aliphatic carbocycles. The second-order valence-electron chi connectivity index (χ2n) is 4.75. The molecule has 0 heterocycles. The first-order valence-corrected chi connectivity index (χ1v) is 7.32. The largest absolute Gasteiger partial charge is 0.493 e. The fraction of sp³-hybridized carbons (Fsp3) is 0.294. The minimum absolute atomic E-state index is 0.469. The number of ether oxygens (including phenoxy) is 1. The molecule has 0 aliphatic heterocycles. The van der Waals surface area contributed by atoms with E-state index in [1.807, 2.05) is 24.3 Å². The standard InChI is InChI=1S/C17H20ClNO/c18-16-10-9-15(13-19)17(12-16)20-11-5-4-8-14-6-2-1-3-7-14/h1-3,6-7,9-10,12H,4-5,8,11,13,19H2. The molecule has 0 bridgehead atoms. The van der Waals surface area contributed by atoms with Gasteiger partial charge in [0.1, 0.15) is 5.75 Å². The van der Waals surface area contributed by atoms with Crippen molar-refractivity contribution >= 4 is 11.6 Å². The van der Waals surface area contributed by atoms with Gasteiger partial charge in [-0.15, -0.1) is 0 Å². The van der Waals surface area contributed by atoms with Crippen molar-refractivity contribution < 1.29 is 4.74 Å². The van der Waals surface area contributed by atoms with Gasteiger partial charge in [0.15, 0.2) is 0 Å². The van der Waals surface area contributed by atoms with Gasteiger partial charge in [-0.2, -0.15) is 0 Å². The molecule has 0 aliphatic rings. The second kappa shape index (κ2) is 7.93. The first-order valence-electron chi connectivity index (χ1n) is 6.95. The highest BCUT2D eigenvalue weighted by atomic mass is 35.5. The SMILES string of the molecule is NCc1ccc(Cl)cc1OCCCCc1ccccc1. The summed E-state index contributed by atoms with van der Waals surface area (Å²) in [7, 11) is 0. The Balaban J connectivity index is 1.75. The lowest BCUT2D eigenvalue weighted by atomic mass is 10.1. The van der Waals surface area contributed by atoms with E-state index in [1.165, 1.54) is 5.56 Å². The number of benzene rings is 2. The van der Waals surface area contributed by atoms with Crippen LogP contribution in [0.5, 0.6) is 5.75 Å². The number of aryl methyl sites for hydroxylation is 1. The van der Waals surface area contributed by atoms with Crippen LogP contribution in [0.25, 0.3) is 0 Å². The molecule has 0 aromatic heterocycles. The van der Waals surface area contributed by atoms with Gasteiger partial charge in [0.05, 0.1) is 6.61 Å². The zero-order chi connectivity index (χ0) is 14.2. The predicted molar refractivity (Wildman–Crippen MR) is 84.2 cm³/mol. The van der Waals surface area contributed by atoms with Crippen LogP contribution in [0.2, 0.25) is 5.02 Å². The molecule has 0 amide bonds. The summed E-state index contributed by atoms with van der Waals surface area (Å²) in [5, 5.41) is 0.682. The number of halogens is 1. The summed E-state index contributed by atoms with van der Waals surface area (Å²) in [6.07, 6.45) is 3.22. The summed E-state index contributed by atoms with van der Waals surface area (Å²) in [5.41, 5.74) is 8.05. The van der Waals surface area contributed by atoms with E-state index in [9.17, 15) is 0 Å². The van der Waals surface area contributed by atoms with Crippen molar-refractivity contribution in [2.45, 2.75) is 25.8 Å². The Kier molecular flexibility index (Phi) is 5.90. The minimum Gasteiger partial charge on any atom is -0.493 e. The topological polar surface area (TPSA) is 35.2 Å². The highest BCUT2D eigenvalue weighted by molar-refractivity contribution is 6.30. The molecule has 2 aromatic rings. The van der Waals surface area contributed by atoms with Gasteiger partial charge < -0.3 is 10.5 Å². The molecule has 20 heavy (non-hydrogen) atoms. The first-order chi connectivity index (χ1) is 9.79. The highest BCUT2D eigenvalue weighted by Crippen LogP contribution is 2.23. The monoisotopic (exact) mass is 289 g/mol. The summed E-state index contributed by atoms with van der Waals surface area (Å²) >= 11 is 5.97. The van der Waals surface area contributed by atoms with Crippen LogP contribution in [0.3, 0.4) is 0 Å². The average Bonchev–Trinajstić information content (AvgIpc) is 2.48. The van der Waals surface area contributed by atoms with E-state index < -0.39 is 0 Å². The van der Waals surface area contributed by atoms with Crippen molar-refractivity contribution in [2.75, 3.05) is 6.61 Å². The Morgan fingerprint density at radius 3 is 2.55 bits per heavy atom. The summed E-state index contributed by atoms with van der Waals surface area (Å²) in [6, 6.07) is 16.1. The third kappa shape index (κ3) is 4.55. The predicted octanol–water partition coefficient (Wildman–Crippen LogP) is 4.20. The molecule has 2 rings (SSSR count). The Bertz CT molecular complexity index is 528. The number of hydrogen-bond donors (Lipinski definition) is 1. The van der Waals surface area contributed by atoms with Crippen LogP contribution in [0.1, 0.15) is 24.0 Å². The van der Waals surface area contributed by atoms with E-state index in [0.29, 0.717) is 18.2 Å². The van der Waals surface area contributed by atoms with Crippen LogP contribution < -0.4 is 10.5 Å². The quantitative estimate of drug-likeness (QED) is 0.775. The van der Waals surface area contributed by atoms with Crippen LogP contribution in [0.15, 0.2) is 48.5 Å². The average molecular weight is 290 g/mol. The number of rotatable bonds is 7. The third-order valence-electron chi connectivity index (χ3n) is 3.21. The lowest BCUT2D eigenvalue weighted by Gasteiger charge is -2.10. The van der Waals surface area contributed by atoms with Gasteiger partial charge in [0.2, 0.25) is 0 Å². The van der Waals surface area contributed by atoms with E-state index in [2.05, 4.69) is 24.3 Å². The molecule has 3 heteroatoms. The molecule has 0 unspecified atom stereocenters. The van der Waals surface area contributed by atoms with Crippen LogP contribution in [0, 0.1) is 0 Å². The molecule has 0 saturated heterocycles. The van der Waals surface area contributed by atoms with Crippen molar-refractivity contribution in [3.8, 4) is 5.75 Å². The van der Waals surface area contributed by atoms with E-state index in [1.54, 1.807) is 0 Å². The molecule has 2 aromatic carbocycles. The fourth-order valence-electron chi connectivity index (χ4n) is 2.09. The fourth-order valence-corrected chi connectivity index (χ4v) is 2.25. The maximum absolute atomic E-state index is 5.97. The Morgan fingerprint density at radius 1 is 1.00 bits per heavy atom. The second-order valence-corrected chi connectivity index (χ2v) is 5.18. The molecule has 0 fully saturated rings. The van der Waals surface area contributed by atoms with Gasteiger partial charge in [0.25, 0.3) is 0 Å². The number of nitrogens with two attached hydrogens (primary N) is 1. The van der Waals surface area contributed by atoms with Crippen molar-refractivity contribution in [2.24, 2.45) is 5.73 Å². The lowest BCUT2D eigenvalue weighted by molar-refractivity contribution is 0.304. The maximum atomic E-state index is 5.97. The number of unbranched alkanes of at least 4 members (excludes halogenated alkanes) is 1. The van der Waals surface area contributed by atoms with Gasteiger partial charge >= 0.3 is 0 Å². The van der Waals surface area contributed by atoms with Crippen LogP contribution in [0.4, 0.5) is 0 Å². The van der Waals surface area contributed by atoms with E-state index in [4.69, 9.17) is 22.1 Å². The Morgan fingerprint density at radius 2 is 1.80 bits per heavy atom. The van der Waals surface area contributed by atoms with Gasteiger partial charge in [-0.05, 0) is 37.0 Å². The third-order valence-corrected chi connectivity index (χ3v) is 3.44. The molecular formula is C17H20ClNO. The minimum atomic E-state index is 0.469. The molecular weight excluding hydrogens is 270 g/mol. The first kappa shape index (κ1) is 14.9. The Hall–Kier alpha value is -1.51. The van der Waals surface area contributed by atoms with E-state index in [0.717, 1.165) is 30.6 Å². The highest BCUT2D eigenvalue weighted by Gasteiger charge is 2.03. The van der Waals surface area contributed by atoms with Crippen LogP contribution >= 0.6 is 11.6 Å². The summed E-state index contributed by atoms with van der Waals surface area (Å²) < 4.78 is 5.78. The molecule has 0 spiro atoms. The van der Waals surface area contributed by atoms with Gasteiger partial charge in [-0.1, -0.05) is 48.0 Å². The summed E-state index contributed by atoms with van der Waals surface area (Å²) in [4.78, 5) is 0. The lowest BCUT2D eigenvalue weighted by Crippen LogP contribution is -2.04. The molecule has 0 radical (unpaired) electrons. The van der Waals surface area contributed by atoms with Crippen molar-refractivity contribution in [1.29, 1.82) is 0 Å². The van der Waals surface area contributed by atoms with Crippen molar-refractivity contribution in [1.82, 2.24) is 0 Å². The van der Waals surface area contributed by atoms with Crippen LogP contribution in [-0.4, -0.2) is 6.61 Å². The number of hydrogen-bond acceptors (Lipinski definition) is 2. The van der Waals surface area contributed by atoms with E-state index in [-0.39, 0.29) is 0 Å². The zero-order valence-electron chi connectivity index (χ0n) is 11.5. The normalized spacial score (nSPS) is 10.5. The van der Waals surface area contributed by atoms with Gasteiger partial charge in [-0.3, -0.25) is 0 Å². The molecule has 0 atom stereocenters. The van der Waals surface area contributed by atoms with Crippen molar-refractivity contribution in [3.05, 3.63) is 64.7 Å².